The Balaban J connectivity index is 2.15. The van der Waals surface area contributed by atoms with Crippen molar-refractivity contribution in [1.82, 2.24) is 15.0 Å². The van der Waals surface area contributed by atoms with Crippen molar-refractivity contribution in [3.63, 3.8) is 0 Å². The molecule has 3 rings (SSSR count). The van der Waals surface area contributed by atoms with Gasteiger partial charge in [-0.3, -0.25) is 0 Å². The van der Waals surface area contributed by atoms with Gasteiger partial charge in [0.15, 0.2) is 5.65 Å². The summed E-state index contributed by atoms with van der Waals surface area (Å²) in [6.45, 7) is 0. The number of benzene rings is 1. The molecule has 2 aromatic heterocycles. The minimum Gasteiger partial charge on any atom is -0.478 e. The Hall–Kier alpha value is -1.92. The van der Waals surface area contributed by atoms with Crippen molar-refractivity contribution >= 4 is 44.7 Å². The number of H-pyrrole nitrogens is 1. The first kappa shape index (κ1) is 13.1. The van der Waals surface area contributed by atoms with Crippen LogP contribution >= 0.6 is 27.5 Å². The van der Waals surface area contributed by atoms with Crippen molar-refractivity contribution in [1.29, 1.82) is 0 Å². The van der Waals surface area contributed by atoms with Crippen LogP contribution in [0.1, 0.15) is 10.4 Å². The van der Waals surface area contributed by atoms with Crippen LogP contribution in [0.25, 0.3) is 22.6 Å². The van der Waals surface area contributed by atoms with Gasteiger partial charge < -0.3 is 10.1 Å². The maximum Gasteiger partial charge on any atom is 0.337 e. The fourth-order valence-corrected chi connectivity index (χ4v) is 2.70. The molecule has 3 aromatic rings. The zero-order chi connectivity index (χ0) is 14.3. The molecule has 0 saturated heterocycles. The highest BCUT2D eigenvalue weighted by Crippen LogP contribution is 2.29. The third-order valence-corrected chi connectivity index (χ3v) is 3.66. The highest BCUT2D eigenvalue weighted by molar-refractivity contribution is 9.10. The standard InChI is InChI=1S/C13H7BrClN3O2/c14-9-4-7(15)1-2-8(9)11-17-10-3-6(13(19)20)5-16-12(10)18-11/h1-5H,(H,19,20)(H,16,17,18). The minimum absolute atomic E-state index is 0.114. The lowest BCUT2D eigenvalue weighted by Crippen LogP contribution is -1.96. The van der Waals surface area contributed by atoms with E-state index in [1.165, 1.54) is 12.3 Å². The van der Waals surface area contributed by atoms with Crippen LogP contribution in [0.15, 0.2) is 34.9 Å². The summed E-state index contributed by atoms with van der Waals surface area (Å²) in [7, 11) is 0. The van der Waals surface area contributed by atoms with E-state index in [1.807, 2.05) is 6.07 Å². The summed E-state index contributed by atoms with van der Waals surface area (Å²) >= 11 is 9.32. The number of nitrogens with one attached hydrogen (secondary N) is 1. The molecule has 0 bridgehead atoms. The van der Waals surface area contributed by atoms with Gasteiger partial charge in [-0.05, 0) is 40.2 Å². The molecule has 0 radical (unpaired) electrons. The predicted octanol–water partition coefficient (Wildman–Crippen LogP) is 3.74. The van der Waals surface area contributed by atoms with E-state index in [1.54, 1.807) is 12.1 Å². The summed E-state index contributed by atoms with van der Waals surface area (Å²) in [5.74, 6) is -0.429. The second-order valence-electron chi connectivity index (χ2n) is 4.11. The number of aromatic nitrogens is 3. The van der Waals surface area contributed by atoms with E-state index in [0.29, 0.717) is 22.0 Å². The highest BCUT2D eigenvalue weighted by Gasteiger charge is 2.12. The average Bonchev–Trinajstić information content (AvgIpc) is 2.80. The molecule has 0 spiro atoms. The number of carboxylic acids is 1. The smallest absolute Gasteiger partial charge is 0.337 e. The molecule has 2 N–H and O–H groups in total. The summed E-state index contributed by atoms with van der Waals surface area (Å²) in [5, 5.41) is 9.56. The topological polar surface area (TPSA) is 78.9 Å². The fraction of sp³-hybridized carbons (Fsp3) is 0. The summed E-state index contributed by atoms with van der Waals surface area (Å²) in [6.07, 6.45) is 1.28. The van der Waals surface area contributed by atoms with E-state index in [-0.39, 0.29) is 5.56 Å². The van der Waals surface area contributed by atoms with Gasteiger partial charge in [0.25, 0.3) is 0 Å². The van der Waals surface area contributed by atoms with Crippen LogP contribution in [-0.4, -0.2) is 26.0 Å². The Bertz CT molecular complexity index is 832. The van der Waals surface area contributed by atoms with E-state index in [4.69, 9.17) is 16.7 Å². The zero-order valence-corrected chi connectivity index (χ0v) is 12.2. The first-order chi connectivity index (χ1) is 9.54. The van der Waals surface area contributed by atoms with Crippen LogP contribution < -0.4 is 0 Å². The molecule has 0 fully saturated rings. The normalized spacial score (nSPS) is 10.9. The molecule has 0 unspecified atom stereocenters. The van der Waals surface area contributed by atoms with Crippen LogP contribution in [-0.2, 0) is 0 Å². The van der Waals surface area contributed by atoms with Crippen LogP contribution in [0.2, 0.25) is 5.02 Å². The van der Waals surface area contributed by atoms with Crippen molar-refractivity contribution in [3.8, 4) is 11.4 Å². The Morgan fingerprint density at radius 2 is 2.15 bits per heavy atom. The first-order valence-corrected chi connectivity index (χ1v) is 6.76. The van der Waals surface area contributed by atoms with Crippen molar-refractivity contribution < 1.29 is 9.90 Å². The second-order valence-corrected chi connectivity index (χ2v) is 5.40. The van der Waals surface area contributed by atoms with Crippen molar-refractivity contribution in [2.24, 2.45) is 0 Å². The van der Waals surface area contributed by atoms with Gasteiger partial charge >= 0.3 is 5.97 Å². The lowest BCUT2D eigenvalue weighted by molar-refractivity contribution is 0.0696. The van der Waals surface area contributed by atoms with Crippen LogP contribution in [0.4, 0.5) is 0 Å². The van der Waals surface area contributed by atoms with Gasteiger partial charge in [0.05, 0.1) is 11.1 Å². The van der Waals surface area contributed by atoms with E-state index >= 15 is 0 Å². The molecule has 2 heterocycles. The van der Waals surface area contributed by atoms with Crippen molar-refractivity contribution in [3.05, 3.63) is 45.5 Å². The maximum absolute atomic E-state index is 10.9. The quantitative estimate of drug-likeness (QED) is 0.736. The summed E-state index contributed by atoms with van der Waals surface area (Å²) in [4.78, 5) is 22.3. The molecule has 7 heteroatoms. The predicted molar refractivity (Wildman–Crippen MR) is 79.0 cm³/mol. The van der Waals surface area contributed by atoms with Crippen LogP contribution in [0.3, 0.4) is 0 Å². The molecule has 0 amide bonds. The van der Waals surface area contributed by atoms with Crippen molar-refractivity contribution in [2.45, 2.75) is 0 Å². The van der Waals surface area contributed by atoms with Gasteiger partial charge in [0.1, 0.15) is 5.82 Å². The summed E-state index contributed by atoms with van der Waals surface area (Å²) in [5.41, 5.74) is 1.97. The minimum atomic E-state index is -1.02. The Morgan fingerprint density at radius 3 is 2.85 bits per heavy atom. The molecule has 5 nitrogen and oxygen atoms in total. The maximum atomic E-state index is 10.9. The number of fused-ring (bicyclic) bond motifs is 1. The molecule has 0 atom stereocenters. The van der Waals surface area contributed by atoms with E-state index in [0.717, 1.165) is 10.0 Å². The average molecular weight is 353 g/mol. The SMILES string of the molecule is O=C(O)c1cnc2nc(-c3ccc(Cl)cc3Br)[nH]c2c1. The van der Waals surface area contributed by atoms with Crippen molar-refractivity contribution in [2.75, 3.05) is 0 Å². The zero-order valence-electron chi connectivity index (χ0n) is 9.89. The molecule has 0 aliphatic rings. The fourth-order valence-electron chi connectivity index (χ4n) is 1.83. The van der Waals surface area contributed by atoms with E-state index in [9.17, 15) is 4.79 Å². The Morgan fingerprint density at radius 1 is 1.35 bits per heavy atom. The Labute approximate surface area is 126 Å². The number of hydrogen-bond donors (Lipinski definition) is 2. The third-order valence-electron chi connectivity index (χ3n) is 2.77. The van der Waals surface area contributed by atoms with Gasteiger partial charge in [-0.2, -0.15) is 0 Å². The number of rotatable bonds is 2. The summed E-state index contributed by atoms with van der Waals surface area (Å²) in [6, 6.07) is 6.85. The van der Waals surface area contributed by atoms with Crippen LogP contribution in [0.5, 0.6) is 0 Å². The van der Waals surface area contributed by atoms with Gasteiger partial charge in [-0.1, -0.05) is 11.6 Å². The number of imidazole rings is 1. The molecular weight excluding hydrogens is 346 g/mol. The number of hydrogen-bond acceptors (Lipinski definition) is 3. The number of nitrogens with zero attached hydrogens (tertiary/aromatic N) is 2. The van der Waals surface area contributed by atoms with Gasteiger partial charge in [0.2, 0.25) is 0 Å². The number of aromatic amines is 1. The first-order valence-electron chi connectivity index (χ1n) is 5.59. The third kappa shape index (κ3) is 2.28. The molecule has 0 saturated carbocycles. The molecule has 0 aliphatic carbocycles. The van der Waals surface area contributed by atoms with Gasteiger partial charge in [-0.15, -0.1) is 0 Å². The number of halogens is 2. The number of pyridine rings is 1. The molecule has 1 aromatic carbocycles. The van der Waals surface area contributed by atoms with Crippen LogP contribution in [0, 0.1) is 0 Å². The highest BCUT2D eigenvalue weighted by atomic mass is 79.9. The lowest BCUT2D eigenvalue weighted by Gasteiger charge is -2.00. The Kier molecular flexibility index (Phi) is 3.19. The van der Waals surface area contributed by atoms with E-state index in [2.05, 4.69) is 30.9 Å². The lowest BCUT2D eigenvalue weighted by atomic mass is 10.2. The number of aromatic carboxylic acids is 1. The molecular formula is C13H7BrClN3O2. The molecule has 100 valence electrons. The summed E-state index contributed by atoms with van der Waals surface area (Å²) < 4.78 is 0.794. The van der Waals surface area contributed by atoms with E-state index < -0.39 is 5.97 Å². The van der Waals surface area contributed by atoms with Gasteiger partial charge in [-0.25, -0.2) is 14.8 Å². The second kappa shape index (κ2) is 4.88. The molecule has 0 aliphatic heterocycles. The molecule has 20 heavy (non-hydrogen) atoms. The largest absolute Gasteiger partial charge is 0.478 e. The monoisotopic (exact) mass is 351 g/mol. The number of carboxylic acid groups (broad SMARTS) is 1. The number of carbonyl (C=O) groups is 1. The van der Waals surface area contributed by atoms with Gasteiger partial charge in [0, 0.05) is 21.3 Å².